The predicted molar refractivity (Wildman–Crippen MR) is 74.8 cm³/mol. The number of aromatic hydroxyl groups is 1. The summed E-state index contributed by atoms with van der Waals surface area (Å²) in [5.41, 5.74) is 1.37. The molecule has 102 valence electrons. The first-order valence-electron chi connectivity index (χ1n) is 5.97. The van der Waals surface area contributed by atoms with Crippen molar-refractivity contribution in [3.05, 3.63) is 42.5 Å². The van der Waals surface area contributed by atoms with Crippen molar-refractivity contribution >= 4 is 22.2 Å². The SMILES string of the molecule is N#CC(=CNc1c(O)ccc2ncccc12)c1nn[nH]n1. The van der Waals surface area contributed by atoms with Crippen molar-refractivity contribution in [1.29, 1.82) is 5.26 Å². The van der Waals surface area contributed by atoms with Gasteiger partial charge >= 0.3 is 0 Å². The minimum Gasteiger partial charge on any atom is -0.506 e. The van der Waals surface area contributed by atoms with Gasteiger partial charge in [-0.15, -0.1) is 10.2 Å². The highest BCUT2D eigenvalue weighted by molar-refractivity contribution is 5.95. The van der Waals surface area contributed by atoms with Crippen LogP contribution in [0.15, 0.2) is 36.7 Å². The highest BCUT2D eigenvalue weighted by Crippen LogP contribution is 2.31. The molecule has 0 radical (unpaired) electrons. The third-order valence-corrected chi connectivity index (χ3v) is 2.83. The van der Waals surface area contributed by atoms with E-state index >= 15 is 0 Å². The molecule has 0 spiro atoms. The molecule has 3 rings (SSSR count). The second-order valence-corrected chi connectivity index (χ2v) is 4.08. The van der Waals surface area contributed by atoms with Crippen LogP contribution in [0.3, 0.4) is 0 Å². The fourth-order valence-electron chi connectivity index (χ4n) is 1.86. The lowest BCUT2D eigenvalue weighted by Crippen LogP contribution is -1.95. The number of fused-ring (bicyclic) bond motifs is 1. The topological polar surface area (TPSA) is 123 Å². The molecule has 3 aromatic rings. The normalized spacial score (nSPS) is 11.3. The number of nitriles is 1. The lowest BCUT2D eigenvalue weighted by molar-refractivity contribution is 0.478. The minimum absolute atomic E-state index is 0.0529. The maximum Gasteiger partial charge on any atom is 0.216 e. The molecule has 3 N–H and O–H groups in total. The molecule has 0 saturated heterocycles. The second kappa shape index (κ2) is 5.26. The van der Waals surface area contributed by atoms with Crippen molar-refractivity contribution in [2.45, 2.75) is 0 Å². The summed E-state index contributed by atoms with van der Waals surface area (Å²) in [6, 6.07) is 8.79. The molecule has 8 heteroatoms. The summed E-state index contributed by atoms with van der Waals surface area (Å²) in [6.45, 7) is 0. The summed E-state index contributed by atoms with van der Waals surface area (Å²) in [5.74, 6) is 0.222. The molecule has 21 heavy (non-hydrogen) atoms. The number of phenolic OH excluding ortho intramolecular Hbond substituents is 1. The van der Waals surface area contributed by atoms with Crippen LogP contribution >= 0.6 is 0 Å². The lowest BCUT2D eigenvalue weighted by atomic mass is 10.1. The van der Waals surface area contributed by atoms with Crippen molar-refractivity contribution in [3.63, 3.8) is 0 Å². The Labute approximate surface area is 118 Å². The zero-order chi connectivity index (χ0) is 14.7. The average Bonchev–Trinajstić information content (AvgIpc) is 3.04. The molecule has 0 unspecified atom stereocenters. The number of hydrogen-bond acceptors (Lipinski definition) is 7. The van der Waals surface area contributed by atoms with Crippen LogP contribution in [0.4, 0.5) is 5.69 Å². The molecule has 0 fully saturated rings. The Morgan fingerprint density at radius 3 is 3.05 bits per heavy atom. The number of allylic oxidation sites excluding steroid dienone is 1. The highest BCUT2D eigenvalue weighted by atomic mass is 16.3. The number of nitrogens with zero attached hydrogens (tertiary/aromatic N) is 5. The fraction of sp³-hybridized carbons (Fsp3) is 0. The minimum atomic E-state index is 0.0529. The first kappa shape index (κ1) is 12.6. The third kappa shape index (κ3) is 2.35. The molecule has 0 aliphatic carbocycles. The standard InChI is InChI=1S/C13H9N7O/c14-6-8(13-17-19-20-18-13)7-16-12-9-2-1-5-15-10(9)3-4-11(12)21/h1-5,7,16,21H,(H,17,18,19,20). The van der Waals surface area contributed by atoms with E-state index in [1.807, 2.05) is 12.1 Å². The van der Waals surface area contributed by atoms with Crippen LogP contribution < -0.4 is 5.32 Å². The van der Waals surface area contributed by atoms with E-state index in [-0.39, 0.29) is 17.1 Å². The van der Waals surface area contributed by atoms with E-state index in [0.29, 0.717) is 5.69 Å². The highest BCUT2D eigenvalue weighted by Gasteiger charge is 2.09. The molecule has 0 aliphatic heterocycles. The van der Waals surface area contributed by atoms with Gasteiger partial charge in [0.2, 0.25) is 5.82 Å². The van der Waals surface area contributed by atoms with Crippen LogP contribution in [0.5, 0.6) is 5.75 Å². The van der Waals surface area contributed by atoms with Crippen molar-refractivity contribution in [2.75, 3.05) is 5.32 Å². The average molecular weight is 279 g/mol. The van der Waals surface area contributed by atoms with Gasteiger partial charge in [0, 0.05) is 17.8 Å². The summed E-state index contributed by atoms with van der Waals surface area (Å²) in [6.07, 6.45) is 3.07. The van der Waals surface area contributed by atoms with E-state index < -0.39 is 0 Å². The van der Waals surface area contributed by atoms with Crippen LogP contribution in [0.2, 0.25) is 0 Å². The Kier molecular flexibility index (Phi) is 3.15. The second-order valence-electron chi connectivity index (χ2n) is 4.08. The first-order valence-corrected chi connectivity index (χ1v) is 5.97. The largest absolute Gasteiger partial charge is 0.506 e. The van der Waals surface area contributed by atoms with E-state index in [4.69, 9.17) is 5.26 Å². The number of hydrogen-bond donors (Lipinski definition) is 3. The summed E-state index contributed by atoms with van der Waals surface area (Å²) in [5, 5.41) is 35.8. The van der Waals surface area contributed by atoms with Gasteiger partial charge in [0.05, 0.1) is 11.2 Å². The Morgan fingerprint density at radius 1 is 1.38 bits per heavy atom. The monoisotopic (exact) mass is 279 g/mol. The molecule has 0 bridgehead atoms. The van der Waals surface area contributed by atoms with Crippen LogP contribution in [0, 0.1) is 11.3 Å². The molecule has 0 aliphatic rings. The zero-order valence-corrected chi connectivity index (χ0v) is 10.6. The number of H-pyrrole nitrogens is 1. The van der Waals surface area contributed by atoms with E-state index in [1.54, 1.807) is 18.3 Å². The molecule has 0 amide bonds. The number of phenols is 1. The number of rotatable bonds is 3. The number of aromatic nitrogens is 5. The number of pyridine rings is 1. The van der Waals surface area contributed by atoms with E-state index in [9.17, 15) is 5.11 Å². The lowest BCUT2D eigenvalue weighted by Gasteiger charge is -2.08. The van der Waals surface area contributed by atoms with Crippen molar-refractivity contribution < 1.29 is 5.11 Å². The number of benzene rings is 1. The summed E-state index contributed by atoms with van der Waals surface area (Å²) in [4.78, 5) is 4.20. The maximum atomic E-state index is 9.97. The van der Waals surface area contributed by atoms with Gasteiger partial charge in [0.15, 0.2) is 0 Å². The van der Waals surface area contributed by atoms with Gasteiger partial charge in [-0.25, -0.2) is 0 Å². The predicted octanol–water partition coefficient (Wildman–Crippen LogP) is 1.43. The van der Waals surface area contributed by atoms with Crippen LogP contribution in [0.25, 0.3) is 16.5 Å². The Bertz CT molecular complexity index is 849. The maximum absolute atomic E-state index is 9.97. The molecule has 0 saturated carbocycles. The number of nitrogens with one attached hydrogen (secondary N) is 2. The van der Waals surface area contributed by atoms with E-state index in [2.05, 4.69) is 30.9 Å². The van der Waals surface area contributed by atoms with E-state index in [0.717, 1.165) is 10.9 Å². The van der Waals surface area contributed by atoms with Gasteiger partial charge in [0.25, 0.3) is 0 Å². The smallest absolute Gasteiger partial charge is 0.216 e. The molecular formula is C13H9N7O. The molecule has 2 heterocycles. The van der Waals surface area contributed by atoms with Crippen LogP contribution in [-0.2, 0) is 0 Å². The Balaban J connectivity index is 2.02. The molecule has 8 nitrogen and oxygen atoms in total. The Hall–Kier alpha value is -3.47. The summed E-state index contributed by atoms with van der Waals surface area (Å²) < 4.78 is 0. The Morgan fingerprint density at radius 2 is 2.29 bits per heavy atom. The number of tetrazole rings is 1. The fourth-order valence-corrected chi connectivity index (χ4v) is 1.86. The van der Waals surface area contributed by atoms with Gasteiger partial charge < -0.3 is 10.4 Å². The zero-order valence-electron chi connectivity index (χ0n) is 10.6. The van der Waals surface area contributed by atoms with Crippen molar-refractivity contribution in [1.82, 2.24) is 25.6 Å². The van der Waals surface area contributed by atoms with Gasteiger partial charge in [-0.1, -0.05) is 0 Å². The van der Waals surface area contributed by atoms with Gasteiger partial charge in [-0.2, -0.15) is 10.5 Å². The number of anilines is 1. The van der Waals surface area contributed by atoms with Crippen LogP contribution in [0.1, 0.15) is 5.82 Å². The summed E-state index contributed by atoms with van der Waals surface area (Å²) >= 11 is 0. The molecule has 1 aromatic carbocycles. The molecular weight excluding hydrogens is 270 g/mol. The van der Waals surface area contributed by atoms with Crippen molar-refractivity contribution in [3.8, 4) is 11.8 Å². The first-order chi connectivity index (χ1) is 10.3. The summed E-state index contributed by atoms with van der Waals surface area (Å²) in [7, 11) is 0. The quantitative estimate of drug-likeness (QED) is 0.489. The van der Waals surface area contributed by atoms with Gasteiger partial charge in [-0.05, 0) is 29.5 Å². The third-order valence-electron chi connectivity index (χ3n) is 2.83. The van der Waals surface area contributed by atoms with Gasteiger partial charge in [0.1, 0.15) is 17.4 Å². The number of aromatic amines is 1. The molecule has 0 atom stereocenters. The van der Waals surface area contributed by atoms with Crippen molar-refractivity contribution in [2.24, 2.45) is 0 Å². The van der Waals surface area contributed by atoms with Gasteiger partial charge in [-0.3, -0.25) is 4.98 Å². The van der Waals surface area contributed by atoms with Crippen LogP contribution in [-0.4, -0.2) is 30.7 Å². The van der Waals surface area contributed by atoms with E-state index in [1.165, 1.54) is 12.3 Å². The molecule has 2 aromatic heterocycles.